The first-order chi connectivity index (χ1) is 12.7. The van der Waals surface area contributed by atoms with E-state index >= 15 is 0 Å². The number of nitrogens with zero attached hydrogens (tertiary/aromatic N) is 3. The third-order valence-corrected chi connectivity index (χ3v) is 4.28. The normalized spacial score (nSPS) is 10.8. The van der Waals surface area contributed by atoms with Crippen molar-refractivity contribution in [3.63, 3.8) is 0 Å². The van der Waals surface area contributed by atoms with Gasteiger partial charge in [-0.3, -0.25) is 9.36 Å². The molecule has 128 valence electrons. The van der Waals surface area contributed by atoms with Gasteiger partial charge in [-0.1, -0.05) is 30.3 Å². The third-order valence-electron chi connectivity index (χ3n) is 4.28. The summed E-state index contributed by atoms with van der Waals surface area (Å²) in [5, 5.41) is 0.527. The van der Waals surface area contributed by atoms with Crippen LogP contribution in [0.3, 0.4) is 0 Å². The van der Waals surface area contributed by atoms with E-state index < -0.39 is 0 Å². The van der Waals surface area contributed by atoms with Gasteiger partial charge in [0.2, 0.25) is 0 Å². The second-order valence-corrected chi connectivity index (χ2v) is 5.98. The molecule has 4 aromatic rings. The van der Waals surface area contributed by atoms with Crippen LogP contribution in [-0.2, 0) is 6.54 Å². The molecule has 5 heteroatoms. The Labute approximate surface area is 150 Å². The van der Waals surface area contributed by atoms with Gasteiger partial charge in [0.05, 0.1) is 19.0 Å². The predicted molar refractivity (Wildman–Crippen MR) is 101 cm³/mol. The van der Waals surface area contributed by atoms with E-state index in [4.69, 9.17) is 4.74 Å². The first-order valence-corrected chi connectivity index (χ1v) is 8.28. The summed E-state index contributed by atoms with van der Waals surface area (Å²) >= 11 is 0. The van der Waals surface area contributed by atoms with Crippen molar-refractivity contribution in [2.24, 2.45) is 0 Å². The minimum Gasteiger partial charge on any atom is -0.497 e. The fraction of sp³-hybridized carbons (Fsp3) is 0.0952. The molecule has 26 heavy (non-hydrogen) atoms. The summed E-state index contributed by atoms with van der Waals surface area (Å²) in [6.45, 7) is 0.453. The van der Waals surface area contributed by atoms with E-state index in [1.165, 1.54) is 0 Å². The van der Waals surface area contributed by atoms with E-state index in [0.29, 0.717) is 17.6 Å². The Morgan fingerprint density at radius 3 is 2.62 bits per heavy atom. The molecular formula is C21H17N3O2. The van der Waals surface area contributed by atoms with Crippen molar-refractivity contribution in [3.8, 4) is 16.9 Å². The Balaban J connectivity index is 1.69. The van der Waals surface area contributed by atoms with Gasteiger partial charge >= 0.3 is 0 Å². The molecule has 2 aromatic heterocycles. The van der Waals surface area contributed by atoms with Gasteiger partial charge < -0.3 is 4.74 Å². The van der Waals surface area contributed by atoms with Crippen LogP contribution in [0.25, 0.3) is 22.2 Å². The minimum atomic E-state index is -0.0881. The van der Waals surface area contributed by atoms with Crippen molar-refractivity contribution in [1.82, 2.24) is 14.5 Å². The van der Waals surface area contributed by atoms with Crippen LogP contribution in [0.15, 0.2) is 78.0 Å². The van der Waals surface area contributed by atoms with Crippen LogP contribution < -0.4 is 10.3 Å². The highest BCUT2D eigenvalue weighted by Gasteiger charge is 2.06. The molecule has 4 rings (SSSR count). The summed E-state index contributed by atoms with van der Waals surface area (Å²) < 4.78 is 6.91. The summed E-state index contributed by atoms with van der Waals surface area (Å²) in [5.41, 5.74) is 3.55. The summed E-state index contributed by atoms with van der Waals surface area (Å²) in [7, 11) is 1.66. The molecule has 0 spiro atoms. The molecule has 0 aliphatic rings. The van der Waals surface area contributed by atoms with E-state index in [9.17, 15) is 4.79 Å². The SMILES string of the molecule is COc1cccc(-c2cccc(Cn3cnc4ncccc4c3=O)c2)c1. The highest BCUT2D eigenvalue weighted by Crippen LogP contribution is 2.24. The zero-order valence-electron chi connectivity index (χ0n) is 14.3. The van der Waals surface area contributed by atoms with Gasteiger partial charge in [-0.15, -0.1) is 0 Å². The quantitative estimate of drug-likeness (QED) is 0.569. The lowest BCUT2D eigenvalue weighted by molar-refractivity contribution is 0.415. The minimum absolute atomic E-state index is 0.0881. The lowest BCUT2D eigenvalue weighted by atomic mass is 10.0. The first kappa shape index (κ1) is 16.0. The van der Waals surface area contributed by atoms with Gasteiger partial charge in [-0.05, 0) is 47.0 Å². The Kier molecular flexibility index (Phi) is 4.19. The van der Waals surface area contributed by atoms with Crippen molar-refractivity contribution in [3.05, 3.63) is 89.1 Å². The van der Waals surface area contributed by atoms with E-state index in [0.717, 1.165) is 22.4 Å². The number of ether oxygens (including phenoxy) is 1. The molecule has 0 aliphatic carbocycles. The molecule has 0 radical (unpaired) electrons. The van der Waals surface area contributed by atoms with E-state index in [1.807, 2.05) is 42.5 Å². The molecule has 2 heterocycles. The number of hydrogen-bond donors (Lipinski definition) is 0. The van der Waals surface area contributed by atoms with Gasteiger partial charge in [-0.2, -0.15) is 0 Å². The maximum atomic E-state index is 12.6. The van der Waals surface area contributed by atoms with Crippen LogP contribution >= 0.6 is 0 Å². The number of benzene rings is 2. The predicted octanol–water partition coefficient (Wildman–Crippen LogP) is 3.52. The van der Waals surface area contributed by atoms with Gasteiger partial charge in [0.25, 0.3) is 5.56 Å². The van der Waals surface area contributed by atoms with Crippen molar-refractivity contribution in [2.45, 2.75) is 6.54 Å². The smallest absolute Gasteiger partial charge is 0.263 e. The second kappa shape index (κ2) is 6.80. The van der Waals surface area contributed by atoms with Crippen molar-refractivity contribution < 1.29 is 4.74 Å². The fourth-order valence-corrected chi connectivity index (χ4v) is 2.96. The van der Waals surface area contributed by atoms with E-state index in [1.54, 1.807) is 36.3 Å². The van der Waals surface area contributed by atoms with E-state index in [2.05, 4.69) is 16.0 Å². The molecule has 0 saturated carbocycles. The number of methoxy groups -OCH3 is 1. The standard InChI is InChI=1S/C21H17N3O2/c1-26-18-8-3-7-17(12-18)16-6-2-5-15(11-16)13-24-14-23-20-19(21(24)25)9-4-10-22-20/h2-12,14H,13H2,1H3. The Morgan fingerprint density at radius 1 is 0.962 bits per heavy atom. The van der Waals surface area contributed by atoms with E-state index in [-0.39, 0.29) is 5.56 Å². The largest absolute Gasteiger partial charge is 0.497 e. The van der Waals surface area contributed by atoms with Crippen LogP contribution in [0, 0.1) is 0 Å². The Bertz CT molecular complexity index is 1140. The van der Waals surface area contributed by atoms with Crippen molar-refractivity contribution in [2.75, 3.05) is 7.11 Å². The van der Waals surface area contributed by atoms with Crippen LogP contribution in [0.2, 0.25) is 0 Å². The molecule has 2 aromatic carbocycles. The molecule has 0 fully saturated rings. The zero-order valence-corrected chi connectivity index (χ0v) is 14.3. The summed E-state index contributed by atoms with van der Waals surface area (Å²) in [6, 6.07) is 19.5. The van der Waals surface area contributed by atoms with Crippen molar-refractivity contribution >= 4 is 11.0 Å². The maximum Gasteiger partial charge on any atom is 0.263 e. The Morgan fingerprint density at radius 2 is 1.77 bits per heavy atom. The molecular weight excluding hydrogens is 326 g/mol. The number of aromatic nitrogens is 3. The number of rotatable bonds is 4. The molecule has 5 nitrogen and oxygen atoms in total. The summed E-state index contributed by atoms with van der Waals surface area (Å²) in [6.07, 6.45) is 3.19. The monoisotopic (exact) mass is 343 g/mol. The lowest BCUT2D eigenvalue weighted by Crippen LogP contribution is -2.21. The summed E-state index contributed by atoms with van der Waals surface area (Å²) in [4.78, 5) is 21.0. The lowest BCUT2D eigenvalue weighted by Gasteiger charge is -2.09. The highest BCUT2D eigenvalue weighted by molar-refractivity contribution is 5.72. The van der Waals surface area contributed by atoms with Gasteiger partial charge in [0, 0.05) is 6.20 Å². The zero-order chi connectivity index (χ0) is 17.9. The second-order valence-electron chi connectivity index (χ2n) is 5.98. The Hall–Kier alpha value is -3.47. The summed E-state index contributed by atoms with van der Waals surface area (Å²) in [5.74, 6) is 0.815. The molecule has 0 aliphatic heterocycles. The molecule has 0 N–H and O–H groups in total. The topological polar surface area (TPSA) is 57.0 Å². The van der Waals surface area contributed by atoms with Crippen LogP contribution in [-0.4, -0.2) is 21.6 Å². The maximum absolute atomic E-state index is 12.6. The fourth-order valence-electron chi connectivity index (χ4n) is 2.96. The van der Waals surface area contributed by atoms with Gasteiger partial charge in [0.1, 0.15) is 12.1 Å². The molecule has 0 bridgehead atoms. The van der Waals surface area contributed by atoms with Crippen molar-refractivity contribution in [1.29, 1.82) is 0 Å². The number of fused-ring (bicyclic) bond motifs is 1. The third kappa shape index (κ3) is 3.07. The molecule has 0 saturated heterocycles. The molecule has 0 atom stereocenters. The van der Waals surface area contributed by atoms with Gasteiger partial charge in [-0.25, -0.2) is 9.97 Å². The first-order valence-electron chi connectivity index (χ1n) is 8.28. The van der Waals surface area contributed by atoms with Gasteiger partial charge in [0.15, 0.2) is 5.65 Å². The average molecular weight is 343 g/mol. The number of pyridine rings is 1. The average Bonchev–Trinajstić information content (AvgIpc) is 2.70. The highest BCUT2D eigenvalue weighted by atomic mass is 16.5. The van der Waals surface area contributed by atoms with Crippen LogP contribution in [0.5, 0.6) is 5.75 Å². The molecule has 0 unspecified atom stereocenters. The van der Waals surface area contributed by atoms with Crippen LogP contribution in [0.4, 0.5) is 0 Å². The number of hydrogen-bond acceptors (Lipinski definition) is 4. The van der Waals surface area contributed by atoms with Crippen LogP contribution in [0.1, 0.15) is 5.56 Å². The molecule has 0 amide bonds.